The van der Waals surface area contributed by atoms with E-state index < -0.39 is 0 Å². The highest BCUT2D eigenvalue weighted by Crippen LogP contribution is 2.42. The first kappa shape index (κ1) is 34.0. The number of hydrogen-bond donors (Lipinski definition) is 0. The SMILES string of the molecule is c1ccc(-n2c3ccccc3c3cc(N(c4ccc(-c5cnc6c7ccccc7c7ccccc7c6n5)cc4)c4ccc(-c5cccc6ccccc56)cc4)ccc32)cc1. The Balaban J connectivity index is 1.00. The summed E-state index contributed by atoms with van der Waals surface area (Å²) in [5, 5.41) is 9.52. The summed E-state index contributed by atoms with van der Waals surface area (Å²) < 4.78 is 2.36. The number of hydrogen-bond acceptors (Lipinski definition) is 3. The van der Waals surface area contributed by atoms with Gasteiger partial charge >= 0.3 is 0 Å². The molecule has 2 heterocycles. The summed E-state index contributed by atoms with van der Waals surface area (Å²) >= 11 is 0. The fraction of sp³-hybridized carbons (Fsp3) is 0. The van der Waals surface area contributed by atoms with Gasteiger partial charge < -0.3 is 9.47 Å². The molecule has 0 saturated heterocycles. The number of aromatic nitrogens is 3. The van der Waals surface area contributed by atoms with Gasteiger partial charge in [0.05, 0.1) is 34.0 Å². The number of anilines is 3. The van der Waals surface area contributed by atoms with Crippen LogP contribution in [-0.4, -0.2) is 14.5 Å². The number of benzene rings is 10. The van der Waals surface area contributed by atoms with Crippen molar-refractivity contribution in [2.24, 2.45) is 0 Å². The molecule has 280 valence electrons. The Hall–Kier alpha value is -8.08. The van der Waals surface area contributed by atoms with Crippen molar-refractivity contribution in [3.8, 4) is 28.1 Å². The summed E-state index contributed by atoms with van der Waals surface area (Å²) in [6.07, 6.45) is 1.92. The van der Waals surface area contributed by atoms with Gasteiger partial charge in [0, 0.05) is 49.9 Å². The number of nitrogens with zero attached hydrogens (tertiary/aromatic N) is 4. The molecular formula is C56H36N4. The van der Waals surface area contributed by atoms with Crippen LogP contribution in [0.4, 0.5) is 17.1 Å². The molecule has 4 heteroatoms. The van der Waals surface area contributed by atoms with E-state index in [1.807, 2.05) is 6.20 Å². The number of para-hydroxylation sites is 2. The van der Waals surface area contributed by atoms with E-state index in [2.05, 4.69) is 222 Å². The second-order valence-electron chi connectivity index (χ2n) is 15.4. The van der Waals surface area contributed by atoms with E-state index in [0.29, 0.717) is 0 Å². The number of fused-ring (bicyclic) bond motifs is 10. The molecule has 0 aliphatic carbocycles. The van der Waals surface area contributed by atoms with Crippen LogP contribution in [0.25, 0.3) is 93.2 Å². The minimum Gasteiger partial charge on any atom is -0.310 e. The quantitative estimate of drug-likeness (QED) is 0.158. The first-order valence-corrected chi connectivity index (χ1v) is 20.4. The highest BCUT2D eigenvalue weighted by molar-refractivity contribution is 6.23. The van der Waals surface area contributed by atoms with Gasteiger partial charge in [-0.15, -0.1) is 0 Å². The van der Waals surface area contributed by atoms with Crippen molar-refractivity contribution >= 4 is 82.2 Å². The van der Waals surface area contributed by atoms with Gasteiger partial charge in [-0.2, -0.15) is 0 Å². The zero-order valence-corrected chi connectivity index (χ0v) is 32.6. The fourth-order valence-electron chi connectivity index (χ4n) is 9.21. The van der Waals surface area contributed by atoms with E-state index in [4.69, 9.17) is 9.97 Å². The molecule has 2 aromatic heterocycles. The normalized spacial score (nSPS) is 11.7. The number of rotatable bonds is 6. The first-order valence-electron chi connectivity index (χ1n) is 20.4. The molecule has 12 aromatic rings. The Bertz CT molecular complexity index is 3550. The molecule has 0 fully saturated rings. The van der Waals surface area contributed by atoms with Crippen molar-refractivity contribution < 1.29 is 0 Å². The Labute approximate surface area is 346 Å². The molecule has 0 amide bonds. The van der Waals surface area contributed by atoms with Crippen LogP contribution >= 0.6 is 0 Å². The molecule has 0 aliphatic heterocycles. The molecule has 4 nitrogen and oxygen atoms in total. The van der Waals surface area contributed by atoms with Gasteiger partial charge in [0.2, 0.25) is 0 Å². The molecule has 0 radical (unpaired) electrons. The highest BCUT2D eigenvalue weighted by atomic mass is 15.1. The maximum atomic E-state index is 5.29. The lowest BCUT2D eigenvalue weighted by Gasteiger charge is -2.26. The van der Waals surface area contributed by atoms with Crippen LogP contribution in [0.2, 0.25) is 0 Å². The lowest BCUT2D eigenvalue weighted by atomic mass is 9.98. The van der Waals surface area contributed by atoms with E-state index >= 15 is 0 Å². The molecule has 0 unspecified atom stereocenters. The molecule has 60 heavy (non-hydrogen) atoms. The van der Waals surface area contributed by atoms with Crippen LogP contribution in [0.15, 0.2) is 219 Å². The van der Waals surface area contributed by atoms with Gasteiger partial charge in [-0.25, -0.2) is 4.98 Å². The molecule has 12 rings (SSSR count). The van der Waals surface area contributed by atoms with Crippen molar-refractivity contribution in [3.05, 3.63) is 219 Å². The largest absolute Gasteiger partial charge is 0.310 e. The third-order valence-electron chi connectivity index (χ3n) is 12.0. The standard InChI is InChI=1S/C56H36N4/c1-2-15-40(16-3-1)60-53-24-11-10-20-48(53)51-35-43(33-34-54(51)60)59(41-29-25-38(26-30-41)45-23-12-14-37-13-4-5-17-44(37)45)42-31-27-39(28-32-42)52-36-57-55-49-21-8-6-18-46(49)47-19-7-9-22-50(47)56(55)58-52/h1-36H. The van der Waals surface area contributed by atoms with Crippen LogP contribution in [-0.2, 0) is 0 Å². The molecule has 0 spiro atoms. The molecule has 0 N–H and O–H groups in total. The Morgan fingerprint density at radius 3 is 1.65 bits per heavy atom. The average molecular weight is 765 g/mol. The Kier molecular flexibility index (Phi) is 7.82. The summed E-state index contributed by atoms with van der Waals surface area (Å²) in [7, 11) is 0. The van der Waals surface area contributed by atoms with Crippen molar-refractivity contribution in [2.45, 2.75) is 0 Å². The topological polar surface area (TPSA) is 34.0 Å². The predicted molar refractivity (Wildman–Crippen MR) is 252 cm³/mol. The average Bonchev–Trinajstić information content (AvgIpc) is 3.66. The van der Waals surface area contributed by atoms with Gasteiger partial charge in [0.25, 0.3) is 0 Å². The van der Waals surface area contributed by atoms with Crippen LogP contribution in [0.1, 0.15) is 0 Å². The third kappa shape index (κ3) is 5.46. The summed E-state index contributed by atoms with van der Waals surface area (Å²) in [5.41, 5.74) is 12.8. The van der Waals surface area contributed by atoms with Crippen LogP contribution in [0, 0.1) is 0 Å². The van der Waals surface area contributed by atoms with E-state index in [-0.39, 0.29) is 0 Å². The highest BCUT2D eigenvalue weighted by Gasteiger charge is 2.19. The molecule has 0 bridgehead atoms. The monoisotopic (exact) mass is 764 g/mol. The maximum absolute atomic E-state index is 5.29. The van der Waals surface area contributed by atoms with Crippen LogP contribution in [0.5, 0.6) is 0 Å². The summed E-state index contributed by atoms with van der Waals surface area (Å²) in [5.74, 6) is 0. The first-order chi connectivity index (χ1) is 29.8. The molecule has 0 aliphatic rings. The van der Waals surface area contributed by atoms with Crippen molar-refractivity contribution in [3.63, 3.8) is 0 Å². The van der Waals surface area contributed by atoms with E-state index in [1.54, 1.807) is 0 Å². The van der Waals surface area contributed by atoms with Crippen molar-refractivity contribution in [1.29, 1.82) is 0 Å². The molecule has 0 atom stereocenters. The van der Waals surface area contributed by atoms with Gasteiger partial charge in [-0.1, -0.05) is 152 Å². The predicted octanol–water partition coefficient (Wildman–Crippen LogP) is 15.0. The molecule has 10 aromatic carbocycles. The Morgan fingerprint density at radius 2 is 0.917 bits per heavy atom. The van der Waals surface area contributed by atoms with Crippen LogP contribution in [0.3, 0.4) is 0 Å². The van der Waals surface area contributed by atoms with E-state index in [1.165, 1.54) is 54.5 Å². The van der Waals surface area contributed by atoms with E-state index in [9.17, 15) is 0 Å². The summed E-state index contributed by atoms with van der Waals surface area (Å²) in [6, 6.07) is 76.1. The van der Waals surface area contributed by atoms with Crippen LogP contribution < -0.4 is 4.90 Å². The second kappa shape index (κ2) is 13.8. The van der Waals surface area contributed by atoms with E-state index in [0.717, 1.165) is 55.8 Å². The molecular weight excluding hydrogens is 729 g/mol. The smallest absolute Gasteiger partial charge is 0.0979 e. The third-order valence-corrected chi connectivity index (χ3v) is 12.0. The second-order valence-corrected chi connectivity index (χ2v) is 15.4. The minimum absolute atomic E-state index is 0.843. The zero-order valence-electron chi connectivity index (χ0n) is 32.6. The van der Waals surface area contributed by atoms with Gasteiger partial charge in [0.15, 0.2) is 0 Å². The van der Waals surface area contributed by atoms with Gasteiger partial charge in [-0.05, 0) is 93.3 Å². The lowest BCUT2D eigenvalue weighted by Crippen LogP contribution is -2.10. The Morgan fingerprint density at radius 1 is 0.367 bits per heavy atom. The van der Waals surface area contributed by atoms with Crippen molar-refractivity contribution in [2.75, 3.05) is 4.90 Å². The summed E-state index contributed by atoms with van der Waals surface area (Å²) in [4.78, 5) is 12.7. The zero-order chi connectivity index (χ0) is 39.6. The fourth-order valence-corrected chi connectivity index (χ4v) is 9.21. The minimum atomic E-state index is 0.843. The maximum Gasteiger partial charge on any atom is 0.0979 e. The van der Waals surface area contributed by atoms with Gasteiger partial charge in [0.1, 0.15) is 0 Å². The summed E-state index contributed by atoms with van der Waals surface area (Å²) in [6.45, 7) is 0. The van der Waals surface area contributed by atoms with Crippen molar-refractivity contribution in [1.82, 2.24) is 14.5 Å². The van der Waals surface area contributed by atoms with Gasteiger partial charge in [-0.3, -0.25) is 4.98 Å². The lowest BCUT2D eigenvalue weighted by molar-refractivity contribution is 1.18. The molecule has 0 saturated carbocycles.